The molecular formula is C21H33N7O6S. The highest BCUT2D eigenvalue weighted by Crippen LogP contribution is 2.20. The van der Waals surface area contributed by atoms with E-state index in [2.05, 4.69) is 20.6 Å². The minimum Gasteiger partial charge on any atom is -0.480 e. The van der Waals surface area contributed by atoms with E-state index in [1.54, 1.807) is 0 Å². The van der Waals surface area contributed by atoms with E-state index in [0.29, 0.717) is 24.3 Å². The van der Waals surface area contributed by atoms with Crippen molar-refractivity contribution in [3.8, 4) is 0 Å². The number of thioether (sulfide) groups is 1. The number of hydrogen-bond donors (Lipinski definition) is 6. The van der Waals surface area contributed by atoms with E-state index in [-0.39, 0.29) is 32.2 Å². The first kappa shape index (κ1) is 28.1. The molecule has 1 aromatic heterocycles. The van der Waals surface area contributed by atoms with Gasteiger partial charge in [-0.25, -0.2) is 9.78 Å². The number of carboxylic acid groups (broad SMARTS) is 1. The van der Waals surface area contributed by atoms with E-state index < -0.39 is 53.8 Å². The van der Waals surface area contributed by atoms with Crippen molar-refractivity contribution in [3.05, 3.63) is 18.2 Å². The number of carbonyl (C=O) groups excluding carboxylic acids is 4. The number of amides is 4. The number of aromatic amines is 1. The number of nitrogens with one attached hydrogen (secondary N) is 3. The quantitative estimate of drug-likeness (QED) is 0.168. The fraction of sp³-hybridized carbons (Fsp3) is 0.619. The number of primary amides is 1. The molecule has 4 atom stereocenters. The molecule has 1 aliphatic heterocycles. The molecule has 4 unspecified atom stereocenters. The zero-order valence-electron chi connectivity index (χ0n) is 19.6. The molecule has 14 heteroatoms. The van der Waals surface area contributed by atoms with Gasteiger partial charge in [-0.1, -0.05) is 0 Å². The summed E-state index contributed by atoms with van der Waals surface area (Å²) in [5, 5.41) is 14.5. The van der Waals surface area contributed by atoms with E-state index in [4.69, 9.17) is 11.5 Å². The highest BCUT2D eigenvalue weighted by molar-refractivity contribution is 7.98. The van der Waals surface area contributed by atoms with Crippen molar-refractivity contribution in [1.29, 1.82) is 0 Å². The summed E-state index contributed by atoms with van der Waals surface area (Å²) in [5.74, 6) is -2.98. The van der Waals surface area contributed by atoms with Crippen LogP contribution >= 0.6 is 11.8 Å². The lowest BCUT2D eigenvalue weighted by Gasteiger charge is -2.30. The number of hydrogen-bond acceptors (Lipinski definition) is 8. The molecule has 2 heterocycles. The van der Waals surface area contributed by atoms with Crippen LogP contribution in [-0.4, -0.2) is 92.3 Å². The van der Waals surface area contributed by atoms with E-state index in [1.807, 2.05) is 6.26 Å². The van der Waals surface area contributed by atoms with Crippen LogP contribution < -0.4 is 22.1 Å². The number of carboxylic acids is 1. The van der Waals surface area contributed by atoms with Crippen molar-refractivity contribution < 1.29 is 29.1 Å². The molecule has 8 N–H and O–H groups in total. The van der Waals surface area contributed by atoms with Crippen molar-refractivity contribution in [2.75, 3.05) is 18.6 Å². The van der Waals surface area contributed by atoms with Crippen LogP contribution in [0, 0.1) is 0 Å². The summed E-state index contributed by atoms with van der Waals surface area (Å²) in [5.41, 5.74) is 11.8. The Morgan fingerprint density at radius 2 is 2.00 bits per heavy atom. The van der Waals surface area contributed by atoms with Crippen molar-refractivity contribution >= 4 is 41.4 Å². The summed E-state index contributed by atoms with van der Waals surface area (Å²) in [6.07, 6.45) is 5.87. The fourth-order valence-corrected chi connectivity index (χ4v) is 4.28. The van der Waals surface area contributed by atoms with Gasteiger partial charge in [0, 0.05) is 31.3 Å². The monoisotopic (exact) mass is 511 g/mol. The number of likely N-dealkylation sites (tertiary alicyclic amines) is 1. The van der Waals surface area contributed by atoms with Crippen molar-refractivity contribution in [1.82, 2.24) is 25.5 Å². The highest BCUT2D eigenvalue weighted by atomic mass is 32.2. The Kier molecular flexibility index (Phi) is 11.0. The molecule has 1 aliphatic rings. The largest absolute Gasteiger partial charge is 0.480 e. The summed E-state index contributed by atoms with van der Waals surface area (Å²) in [6.45, 7) is 0.253. The molecule has 2 rings (SSSR count). The average molecular weight is 512 g/mol. The Hall–Kier alpha value is -3.13. The van der Waals surface area contributed by atoms with Gasteiger partial charge < -0.3 is 37.1 Å². The van der Waals surface area contributed by atoms with Crippen LogP contribution in [-0.2, 0) is 30.4 Å². The minimum atomic E-state index is -1.15. The molecule has 0 aromatic carbocycles. The van der Waals surface area contributed by atoms with Gasteiger partial charge in [-0.15, -0.1) is 0 Å². The first-order valence-electron chi connectivity index (χ1n) is 11.3. The molecule has 13 nitrogen and oxygen atoms in total. The second-order valence-corrected chi connectivity index (χ2v) is 9.31. The van der Waals surface area contributed by atoms with Gasteiger partial charge in [0.25, 0.3) is 0 Å². The lowest BCUT2D eigenvalue weighted by Crippen LogP contribution is -2.57. The first-order chi connectivity index (χ1) is 16.6. The summed E-state index contributed by atoms with van der Waals surface area (Å²) in [6, 6.07) is -4.06. The first-order valence-corrected chi connectivity index (χ1v) is 12.7. The molecule has 35 heavy (non-hydrogen) atoms. The standard InChI is InChI=1S/C21H33N7O6S/c1-35-8-6-15(21(33)34)27-19(31)16-3-2-7-28(16)20(32)14(4-5-17(23)29)26-18(30)13(22)9-12-10-24-11-25-12/h10-11,13-16H,2-9,22H2,1H3,(H2,23,29)(H,24,25)(H,26,30)(H,27,31)(H,33,34). The van der Waals surface area contributed by atoms with Gasteiger partial charge in [0.2, 0.25) is 23.6 Å². The molecule has 0 saturated carbocycles. The molecule has 194 valence electrons. The van der Waals surface area contributed by atoms with Gasteiger partial charge in [0.05, 0.1) is 12.4 Å². The van der Waals surface area contributed by atoms with Crippen LogP contribution in [0.2, 0.25) is 0 Å². The number of aliphatic carboxylic acids is 1. The van der Waals surface area contributed by atoms with Gasteiger partial charge in [0.15, 0.2) is 0 Å². The zero-order chi connectivity index (χ0) is 26.0. The summed E-state index contributed by atoms with van der Waals surface area (Å²) >= 11 is 1.46. The molecule has 0 bridgehead atoms. The van der Waals surface area contributed by atoms with Crippen LogP contribution in [0.5, 0.6) is 0 Å². The Bertz CT molecular complexity index is 897. The number of H-pyrrole nitrogens is 1. The van der Waals surface area contributed by atoms with E-state index >= 15 is 0 Å². The second kappa shape index (κ2) is 13.7. The van der Waals surface area contributed by atoms with E-state index in [1.165, 1.54) is 29.2 Å². The van der Waals surface area contributed by atoms with Gasteiger partial charge in [-0.05, 0) is 37.7 Å². The Labute approximate surface area is 207 Å². The van der Waals surface area contributed by atoms with Crippen LogP contribution in [0.4, 0.5) is 0 Å². The molecular weight excluding hydrogens is 478 g/mol. The predicted molar refractivity (Wildman–Crippen MR) is 128 cm³/mol. The van der Waals surface area contributed by atoms with Crippen molar-refractivity contribution in [3.63, 3.8) is 0 Å². The molecule has 4 amide bonds. The summed E-state index contributed by atoms with van der Waals surface area (Å²) in [7, 11) is 0. The Morgan fingerprint density at radius 3 is 2.60 bits per heavy atom. The van der Waals surface area contributed by atoms with Crippen molar-refractivity contribution in [2.45, 2.75) is 62.7 Å². The molecule has 1 saturated heterocycles. The molecule has 1 fully saturated rings. The summed E-state index contributed by atoms with van der Waals surface area (Å²) in [4.78, 5) is 69.8. The van der Waals surface area contributed by atoms with Crippen LogP contribution in [0.25, 0.3) is 0 Å². The smallest absolute Gasteiger partial charge is 0.326 e. The second-order valence-electron chi connectivity index (χ2n) is 8.32. The third-order valence-electron chi connectivity index (χ3n) is 5.69. The van der Waals surface area contributed by atoms with Gasteiger partial charge in [-0.3, -0.25) is 19.2 Å². The van der Waals surface area contributed by atoms with Crippen LogP contribution in [0.15, 0.2) is 12.5 Å². The lowest BCUT2D eigenvalue weighted by atomic mass is 10.1. The number of nitrogens with zero attached hydrogens (tertiary/aromatic N) is 2. The third kappa shape index (κ3) is 8.55. The average Bonchev–Trinajstić information content (AvgIpc) is 3.50. The van der Waals surface area contributed by atoms with Crippen LogP contribution in [0.1, 0.15) is 37.8 Å². The van der Waals surface area contributed by atoms with Gasteiger partial charge >= 0.3 is 5.97 Å². The number of carbonyl (C=O) groups is 5. The van der Waals surface area contributed by atoms with Gasteiger partial charge in [-0.2, -0.15) is 11.8 Å². The molecule has 1 aromatic rings. The number of aromatic nitrogens is 2. The van der Waals surface area contributed by atoms with Crippen LogP contribution in [0.3, 0.4) is 0 Å². The maximum Gasteiger partial charge on any atom is 0.326 e. The number of imidazole rings is 1. The third-order valence-corrected chi connectivity index (χ3v) is 6.33. The number of nitrogens with two attached hydrogens (primary N) is 2. The lowest BCUT2D eigenvalue weighted by molar-refractivity contribution is -0.145. The van der Waals surface area contributed by atoms with E-state index in [0.717, 1.165) is 0 Å². The molecule has 0 spiro atoms. The highest BCUT2D eigenvalue weighted by Gasteiger charge is 2.39. The molecule has 0 aliphatic carbocycles. The predicted octanol–water partition coefficient (Wildman–Crippen LogP) is -1.66. The normalized spacial score (nSPS) is 17.9. The topological polar surface area (TPSA) is 214 Å². The SMILES string of the molecule is CSCCC(NC(=O)C1CCCN1C(=O)C(CCC(N)=O)NC(=O)C(N)Cc1cnc[nH]1)C(=O)O. The van der Waals surface area contributed by atoms with E-state index in [9.17, 15) is 29.1 Å². The van der Waals surface area contributed by atoms with Crippen molar-refractivity contribution in [2.24, 2.45) is 11.5 Å². The maximum absolute atomic E-state index is 13.3. The fourth-order valence-electron chi connectivity index (χ4n) is 3.81. The number of rotatable bonds is 14. The summed E-state index contributed by atoms with van der Waals surface area (Å²) < 4.78 is 0. The zero-order valence-corrected chi connectivity index (χ0v) is 20.4. The Balaban J connectivity index is 2.10. The maximum atomic E-state index is 13.3. The van der Waals surface area contributed by atoms with Gasteiger partial charge in [0.1, 0.15) is 18.1 Å². The molecule has 0 radical (unpaired) electrons. The minimum absolute atomic E-state index is 0.0625. The Morgan fingerprint density at radius 1 is 1.26 bits per heavy atom.